The maximum absolute atomic E-state index is 2.45. The van der Waals surface area contributed by atoms with Gasteiger partial charge in [0.1, 0.15) is 0 Å². The predicted octanol–water partition coefficient (Wildman–Crippen LogP) is 14.5. The van der Waals surface area contributed by atoms with Crippen LogP contribution in [0.15, 0.2) is 224 Å². The summed E-state index contributed by atoms with van der Waals surface area (Å²) in [6.07, 6.45) is 4.36. The number of hydrogen-bond acceptors (Lipinski definition) is 2. The first-order valence-corrected chi connectivity index (χ1v) is 20.9. The topological polar surface area (TPSA) is 6.48 Å². The smallest absolute Gasteiger partial charge is 0.0468 e. The molecule has 0 N–H and O–H groups in total. The second-order valence-corrected chi connectivity index (χ2v) is 15.6. The molecule has 0 saturated heterocycles. The van der Waals surface area contributed by atoms with Crippen LogP contribution in [0.2, 0.25) is 0 Å². The lowest BCUT2D eigenvalue weighted by Crippen LogP contribution is -2.29. The summed E-state index contributed by atoms with van der Waals surface area (Å²) >= 11 is 0. The van der Waals surface area contributed by atoms with Gasteiger partial charge < -0.3 is 9.80 Å². The maximum Gasteiger partial charge on any atom is 0.0468 e. The molecular formula is C58H42N2. The fraction of sp³-hybridized carbons (Fsp3) is 0.0345. The van der Waals surface area contributed by atoms with Crippen LogP contribution in [0.3, 0.4) is 0 Å². The van der Waals surface area contributed by atoms with Gasteiger partial charge in [0, 0.05) is 34.1 Å². The molecular weight excluding hydrogens is 725 g/mol. The van der Waals surface area contributed by atoms with Gasteiger partial charge in [0.15, 0.2) is 0 Å². The minimum atomic E-state index is 0.964. The Morgan fingerprint density at radius 2 is 0.783 bits per heavy atom. The molecule has 0 spiro atoms. The highest BCUT2D eigenvalue weighted by molar-refractivity contribution is 6.20. The minimum Gasteiger partial charge on any atom is -0.310 e. The van der Waals surface area contributed by atoms with Gasteiger partial charge >= 0.3 is 0 Å². The number of benzene rings is 10. The molecule has 0 aliphatic heterocycles. The third-order valence-electron chi connectivity index (χ3n) is 12.0. The molecule has 2 heteroatoms. The van der Waals surface area contributed by atoms with E-state index < -0.39 is 0 Å². The molecule has 1 aliphatic rings. The van der Waals surface area contributed by atoms with E-state index in [0.717, 1.165) is 47.0 Å². The minimum absolute atomic E-state index is 0.964. The molecule has 60 heavy (non-hydrogen) atoms. The first-order chi connectivity index (χ1) is 29.8. The van der Waals surface area contributed by atoms with E-state index in [1.165, 1.54) is 65.0 Å². The molecule has 10 aromatic carbocycles. The predicted molar refractivity (Wildman–Crippen MR) is 256 cm³/mol. The van der Waals surface area contributed by atoms with E-state index in [1.807, 2.05) is 0 Å². The summed E-state index contributed by atoms with van der Waals surface area (Å²) in [6.45, 7) is 0. The zero-order chi connectivity index (χ0) is 39.8. The number of nitrogens with zero attached hydrogens (tertiary/aromatic N) is 2. The Kier molecular flexibility index (Phi) is 9.02. The molecule has 0 radical (unpaired) electrons. The highest BCUT2D eigenvalue weighted by Gasteiger charge is 2.23. The first-order valence-electron chi connectivity index (χ1n) is 20.9. The molecule has 0 amide bonds. The van der Waals surface area contributed by atoms with Crippen LogP contribution < -0.4 is 20.2 Å². The summed E-state index contributed by atoms with van der Waals surface area (Å²) in [7, 11) is 0. The van der Waals surface area contributed by atoms with Crippen molar-refractivity contribution in [3.8, 4) is 11.1 Å². The number of rotatable bonds is 8. The Hall–Kier alpha value is -7.68. The Bertz CT molecular complexity index is 3260. The summed E-state index contributed by atoms with van der Waals surface area (Å²) in [5.74, 6) is 0. The quantitative estimate of drug-likeness (QED) is 0.142. The van der Waals surface area contributed by atoms with Crippen LogP contribution in [-0.4, -0.2) is 0 Å². The maximum atomic E-state index is 2.45. The largest absolute Gasteiger partial charge is 0.310 e. The molecule has 284 valence electrons. The summed E-state index contributed by atoms with van der Waals surface area (Å²) in [5.41, 5.74) is 11.9. The fourth-order valence-electron chi connectivity index (χ4n) is 9.38. The van der Waals surface area contributed by atoms with Crippen molar-refractivity contribution >= 4 is 78.1 Å². The van der Waals surface area contributed by atoms with Gasteiger partial charge in [-0.15, -0.1) is 0 Å². The normalized spacial score (nSPS) is 12.3. The second kappa shape index (κ2) is 15.2. The third kappa shape index (κ3) is 6.31. The van der Waals surface area contributed by atoms with Gasteiger partial charge in [-0.05, 0) is 151 Å². The number of para-hydroxylation sites is 3. The molecule has 0 heterocycles. The van der Waals surface area contributed by atoms with E-state index in [9.17, 15) is 0 Å². The van der Waals surface area contributed by atoms with Crippen LogP contribution in [0.5, 0.6) is 0 Å². The van der Waals surface area contributed by atoms with Crippen LogP contribution in [0.1, 0.15) is 18.4 Å². The SMILES string of the molecule is C1=c2ccccc2=C(c2c3cc(N(c4ccccc4)c4ccccc4)ccc3c(-c3ccccc3)c3cc(N(c4ccccc4)c4ccc5ccccc5c4)ccc23)CC1. The molecule has 0 bridgehead atoms. The van der Waals surface area contributed by atoms with Crippen LogP contribution in [0.25, 0.3) is 55.1 Å². The molecule has 10 aromatic rings. The molecule has 0 fully saturated rings. The van der Waals surface area contributed by atoms with Crippen molar-refractivity contribution in [2.24, 2.45) is 0 Å². The van der Waals surface area contributed by atoms with Crippen LogP contribution >= 0.6 is 0 Å². The Morgan fingerprint density at radius 1 is 0.317 bits per heavy atom. The van der Waals surface area contributed by atoms with Gasteiger partial charge in [-0.25, -0.2) is 0 Å². The Balaban J connectivity index is 1.25. The first kappa shape index (κ1) is 35.5. The molecule has 1 aliphatic carbocycles. The number of anilines is 6. The molecule has 11 rings (SSSR count). The lowest BCUT2D eigenvalue weighted by atomic mass is 9.82. The van der Waals surface area contributed by atoms with Gasteiger partial charge in [0.25, 0.3) is 0 Å². The van der Waals surface area contributed by atoms with Crippen molar-refractivity contribution in [3.63, 3.8) is 0 Å². The Labute approximate surface area is 350 Å². The van der Waals surface area contributed by atoms with Crippen LogP contribution in [0.4, 0.5) is 34.1 Å². The fourth-order valence-corrected chi connectivity index (χ4v) is 9.38. The zero-order valence-corrected chi connectivity index (χ0v) is 33.2. The van der Waals surface area contributed by atoms with E-state index >= 15 is 0 Å². The molecule has 2 nitrogen and oxygen atoms in total. The van der Waals surface area contributed by atoms with Crippen LogP contribution in [-0.2, 0) is 0 Å². The van der Waals surface area contributed by atoms with Gasteiger partial charge in [0.2, 0.25) is 0 Å². The highest BCUT2D eigenvalue weighted by atomic mass is 15.1. The Morgan fingerprint density at radius 3 is 1.42 bits per heavy atom. The van der Waals surface area contributed by atoms with Crippen LogP contribution in [0, 0.1) is 0 Å². The number of fused-ring (bicyclic) bond motifs is 4. The average Bonchev–Trinajstić information content (AvgIpc) is 3.32. The lowest BCUT2D eigenvalue weighted by Gasteiger charge is -2.28. The standard InChI is InChI=1S/C58H42N2/c1-5-20-43(21-6-1)57-53-36-34-49(59(45-24-7-2-8-25-45)46-26-9-3-10-27-46)40-56(53)58(52-31-17-23-42-19-15-16-30-51(42)52)54-37-35-50(39-55(54)57)60(47-28-11-4-12-29-47)48-33-32-41-18-13-14-22-44(41)38-48/h1-16,18-30,32-40H,17,31H2. The van der Waals surface area contributed by atoms with E-state index in [-0.39, 0.29) is 0 Å². The average molecular weight is 767 g/mol. The van der Waals surface area contributed by atoms with E-state index in [2.05, 4.69) is 240 Å². The van der Waals surface area contributed by atoms with Crippen molar-refractivity contribution in [1.29, 1.82) is 0 Å². The summed E-state index contributed by atoms with van der Waals surface area (Å²) in [6, 6.07) is 81.9. The summed E-state index contributed by atoms with van der Waals surface area (Å²) in [4.78, 5) is 4.79. The van der Waals surface area contributed by atoms with Crippen molar-refractivity contribution < 1.29 is 0 Å². The van der Waals surface area contributed by atoms with Gasteiger partial charge in [-0.3, -0.25) is 0 Å². The monoisotopic (exact) mass is 766 g/mol. The molecule has 0 aromatic heterocycles. The highest BCUT2D eigenvalue weighted by Crippen LogP contribution is 2.47. The van der Waals surface area contributed by atoms with E-state index in [4.69, 9.17) is 0 Å². The summed E-state index contributed by atoms with van der Waals surface area (Å²) < 4.78 is 0. The molecule has 0 atom stereocenters. The van der Waals surface area contributed by atoms with Crippen molar-refractivity contribution in [2.75, 3.05) is 9.80 Å². The lowest BCUT2D eigenvalue weighted by molar-refractivity contribution is 1.08. The third-order valence-corrected chi connectivity index (χ3v) is 12.0. The van der Waals surface area contributed by atoms with Crippen molar-refractivity contribution in [2.45, 2.75) is 12.8 Å². The van der Waals surface area contributed by atoms with Crippen molar-refractivity contribution in [3.05, 3.63) is 240 Å². The number of hydrogen-bond donors (Lipinski definition) is 0. The zero-order valence-electron chi connectivity index (χ0n) is 33.2. The van der Waals surface area contributed by atoms with Gasteiger partial charge in [-0.1, -0.05) is 158 Å². The summed E-state index contributed by atoms with van der Waals surface area (Å²) in [5, 5.41) is 10.1. The second-order valence-electron chi connectivity index (χ2n) is 15.6. The van der Waals surface area contributed by atoms with Gasteiger partial charge in [0.05, 0.1) is 0 Å². The molecule has 0 unspecified atom stereocenters. The molecule has 0 saturated carbocycles. The van der Waals surface area contributed by atoms with E-state index in [1.54, 1.807) is 0 Å². The van der Waals surface area contributed by atoms with Crippen molar-refractivity contribution in [1.82, 2.24) is 0 Å². The van der Waals surface area contributed by atoms with E-state index in [0.29, 0.717) is 0 Å². The van der Waals surface area contributed by atoms with Gasteiger partial charge in [-0.2, -0.15) is 0 Å².